The molecule has 0 aliphatic rings. The van der Waals surface area contributed by atoms with Gasteiger partial charge in [-0.15, -0.1) is 11.3 Å². The molecule has 80 valence electrons. The normalized spacial score (nSPS) is 12.9. The van der Waals surface area contributed by atoms with Crippen LogP contribution in [0.2, 0.25) is 0 Å². The molecule has 1 N–H and O–H groups in total. The zero-order valence-electron chi connectivity index (χ0n) is 8.64. The molecule has 0 aromatic carbocycles. The Hall–Kier alpha value is -0.870. The van der Waals surface area contributed by atoms with E-state index >= 15 is 0 Å². The van der Waals surface area contributed by atoms with E-state index in [1.54, 1.807) is 11.3 Å². The van der Waals surface area contributed by atoms with Crippen molar-refractivity contribution >= 4 is 23.6 Å². The highest BCUT2D eigenvalue weighted by Crippen LogP contribution is 2.27. The summed E-state index contributed by atoms with van der Waals surface area (Å²) in [7, 11) is 0. The standard InChI is InChI=1S/C11H14N2S2/c1-2-4-9(10-5-3-8-15-10)13-7-6-12-11(13)14/h3,5-9H,2,4H2,1H3,(H,12,14). The molecule has 2 nitrogen and oxygen atoms in total. The van der Waals surface area contributed by atoms with Crippen LogP contribution in [0.5, 0.6) is 0 Å². The van der Waals surface area contributed by atoms with E-state index in [-0.39, 0.29) is 0 Å². The average molecular weight is 238 g/mol. The van der Waals surface area contributed by atoms with Crippen molar-refractivity contribution in [2.75, 3.05) is 0 Å². The first-order chi connectivity index (χ1) is 7.33. The van der Waals surface area contributed by atoms with Crippen molar-refractivity contribution in [3.63, 3.8) is 0 Å². The van der Waals surface area contributed by atoms with Gasteiger partial charge in [-0.25, -0.2) is 0 Å². The quantitative estimate of drug-likeness (QED) is 0.799. The summed E-state index contributed by atoms with van der Waals surface area (Å²) in [5.41, 5.74) is 0. The van der Waals surface area contributed by atoms with Gasteiger partial charge < -0.3 is 9.55 Å². The number of nitrogens with one attached hydrogen (secondary N) is 1. The van der Waals surface area contributed by atoms with Gasteiger partial charge in [0, 0.05) is 17.3 Å². The van der Waals surface area contributed by atoms with Gasteiger partial charge in [-0.3, -0.25) is 0 Å². The Kier molecular flexibility index (Phi) is 3.38. The number of H-pyrrole nitrogens is 1. The molecule has 15 heavy (non-hydrogen) atoms. The van der Waals surface area contributed by atoms with Crippen LogP contribution in [-0.4, -0.2) is 9.55 Å². The van der Waals surface area contributed by atoms with E-state index in [9.17, 15) is 0 Å². The molecule has 2 aromatic rings. The molecule has 1 atom stereocenters. The molecule has 2 heterocycles. The van der Waals surface area contributed by atoms with Crippen LogP contribution in [0.25, 0.3) is 0 Å². The first-order valence-corrected chi connectivity index (χ1v) is 6.40. The molecule has 0 bridgehead atoms. The van der Waals surface area contributed by atoms with Crippen LogP contribution in [0.4, 0.5) is 0 Å². The Balaban J connectivity index is 2.36. The Morgan fingerprint density at radius 2 is 2.47 bits per heavy atom. The maximum Gasteiger partial charge on any atom is 0.177 e. The highest BCUT2D eigenvalue weighted by atomic mass is 32.1. The van der Waals surface area contributed by atoms with E-state index in [1.165, 1.54) is 4.88 Å². The molecule has 0 radical (unpaired) electrons. The SMILES string of the molecule is CCCC(c1cccs1)n1cc[nH]c1=S. The minimum atomic E-state index is 0.397. The van der Waals surface area contributed by atoms with Crippen LogP contribution < -0.4 is 0 Å². The summed E-state index contributed by atoms with van der Waals surface area (Å²) >= 11 is 7.06. The Morgan fingerprint density at radius 3 is 3.00 bits per heavy atom. The lowest BCUT2D eigenvalue weighted by Crippen LogP contribution is -2.08. The zero-order valence-corrected chi connectivity index (χ0v) is 10.3. The van der Waals surface area contributed by atoms with Crippen LogP contribution >= 0.6 is 23.6 Å². The van der Waals surface area contributed by atoms with E-state index in [2.05, 4.69) is 34.0 Å². The number of hydrogen-bond acceptors (Lipinski definition) is 2. The monoisotopic (exact) mass is 238 g/mol. The van der Waals surface area contributed by atoms with Crippen LogP contribution in [0.15, 0.2) is 29.9 Å². The molecule has 2 aromatic heterocycles. The lowest BCUT2D eigenvalue weighted by atomic mass is 10.1. The van der Waals surface area contributed by atoms with Crippen molar-refractivity contribution in [1.82, 2.24) is 9.55 Å². The summed E-state index contributed by atoms with van der Waals surface area (Å²) < 4.78 is 2.95. The second-order valence-corrected chi connectivity index (χ2v) is 4.86. The van der Waals surface area contributed by atoms with Gasteiger partial charge in [-0.2, -0.15) is 0 Å². The number of aromatic nitrogens is 2. The summed E-state index contributed by atoms with van der Waals surface area (Å²) in [6.45, 7) is 2.21. The summed E-state index contributed by atoms with van der Waals surface area (Å²) in [6.07, 6.45) is 6.23. The Labute approximate surface area is 98.6 Å². The van der Waals surface area contributed by atoms with Gasteiger partial charge in [0.25, 0.3) is 0 Å². The fraction of sp³-hybridized carbons (Fsp3) is 0.364. The Bertz CT molecular complexity index is 453. The molecule has 0 spiro atoms. The Morgan fingerprint density at radius 1 is 1.60 bits per heavy atom. The number of hydrogen-bond donors (Lipinski definition) is 1. The molecule has 1 unspecified atom stereocenters. The van der Waals surface area contributed by atoms with Gasteiger partial charge in [0.1, 0.15) is 0 Å². The second kappa shape index (κ2) is 4.77. The molecule has 0 aliphatic heterocycles. The lowest BCUT2D eigenvalue weighted by Gasteiger charge is -2.16. The van der Waals surface area contributed by atoms with Gasteiger partial charge in [0.2, 0.25) is 0 Å². The van der Waals surface area contributed by atoms with Crippen LogP contribution in [0.3, 0.4) is 0 Å². The molecule has 0 saturated heterocycles. The average Bonchev–Trinajstić information content (AvgIpc) is 2.85. The lowest BCUT2D eigenvalue weighted by molar-refractivity contribution is 0.535. The smallest absolute Gasteiger partial charge is 0.177 e. The highest BCUT2D eigenvalue weighted by molar-refractivity contribution is 7.71. The van der Waals surface area contributed by atoms with Crippen LogP contribution in [0.1, 0.15) is 30.7 Å². The van der Waals surface area contributed by atoms with E-state index in [4.69, 9.17) is 12.2 Å². The molecule has 0 fully saturated rings. The fourth-order valence-corrected chi connectivity index (χ4v) is 2.87. The maximum atomic E-state index is 5.26. The molecule has 2 rings (SSSR count). The van der Waals surface area contributed by atoms with E-state index in [0.717, 1.165) is 17.6 Å². The maximum absolute atomic E-state index is 5.26. The first-order valence-electron chi connectivity index (χ1n) is 5.12. The van der Waals surface area contributed by atoms with Crippen molar-refractivity contribution < 1.29 is 0 Å². The summed E-state index contributed by atoms with van der Waals surface area (Å²) in [5, 5.41) is 2.12. The largest absolute Gasteiger partial charge is 0.337 e. The van der Waals surface area contributed by atoms with Crippen LogP contribution in [-0.2, 0) is 0 Å². The minimum absolute atomic E-state index is 0.397. The number of rotatable bonds is 4. The minimum Gasteiger partial charge on any atom is -0.337 e. The predicted octanol–water partition coefficient (Wildman–Crippen LogP) is 4.00. The van der Waals surface area contributed by atoms with E-state index in [1.807, 2.05) is 12.4 Å². The van der Waals surface area contributed by atoms with E-state index in [0.29, 0.717) is 6.04 Å². The van der Waals surface area contributed by atoms with Crippen molar-refractivity contribution in [3.05, 3.63) is 39.6 Å². The van der Waals surface area contributed by atoms with Crippen molar-refractivity contribution in [3.8, 4) is 0 Å². The van der Waals surface area contributed by atoms with Gasteiger partial charge >= 0.3 is 0 Å². The predicted molar refractivity (Wildman–Crippen MR) is 67.0 cm³/mol. The highest BCUT2D eigenvalue weighted by Gasteiger charge is 2.13. The van der Waals surface area contributed by atoms with Gasteiger partial charge in [0.15, 0.2) is 4.77 Å². The van der Waals surface area contributed by atoms with Crippen molar-refractivity contribution in [2.24, 2.45) is 0 Å². The third-order valence-corrected chi connectivity index (χ3v) is 3.75. The fourth-order valence-electron chi connectivity index (χ4n) is 1.75. The van der Waals surface area contributed by atoms with Gasteiger partial charge in [-0.1, -0.05) is 19.4 Å². The first kappa shape index (κ1) is 10.6. The molecule has 0 amide bonds. The molecule has 0 saturated carbocycles. The summed E-state index contributed by atoms with van der Waals surface area (Å²) in [6, 6.07) is 4.67. The summed E-state index contributed by atoms with van der Waals surface area (Å²) in [4.78, 5) is 4.43. The number of nitrogens with zero attached hydrogens (tertiary/aromatic N) is 1. The van der Waals surface area contributed by atoms with Crippen molar-refractivity contribution in [1.29, 1.82) is 0 Å². The van der Waals surface area contributed by atoms with E-state index < -0.39 is 0 Å². The third kappa shape index (κ3) is 2.21. The number of thiophene rings is 1. The number of imidazole rings is 1. The van der Waals surface area contributed by atoms with Crippen LogP contribution in [0, 0.1) is 4.77 Å². The second-order valence-electron chi connectivity index (χ2n) is 3.49. The molecule has 4 heteroatoms. The zero-order chi connectivity index (χ0) is 10.7. The van der Waals surface area contributed by atoms with Crippen molar-refractivity contribution in [2.45, 2.75) is 25.8 Å². The van der Waals surface area contributed by atoms with Gasteiger partial charge in [-0.05, 0) is 30.1 Å². The summed E-state index contributed by atoms with van der Waals surface area (Å²) in [5.74, 6) is 0. The number of aromatic amines is 1. The molecule has 0 aliphatic carbocycles. The molecular formula is C11H14N2S2. The van der Waals surface area contributed by atoms with Gasteiger partial charge in [0.05, 0.1) is 6.04 Å². The topological polar surface area (TPSA) is 20.7 Å². The molecular weight excluding hydrogens is 224 g/mol. The third-order valence-electron chi connectivity index (χ3n) is 2.45.